The second-order valence-electron chi connectivity index (χ2n) is 8.64. The number of benzene rings is 2. The fourth-order valence-corrected chi connectivity index (χ4v) is 4.69. The van der Waals surface area contributed by atoms with Gasteiger partial charge in [0.1, 0.15) is 10.8 Å². The van der Waals surface area contributed by atoms with E-state index in [-0.39, 0.29) is 30.1 Å². The zero-order valence-corrected chi connectivity index (χ0v) is 21.1. The van der Waals surface area contributed by atoms with Gasteiger partial charge in [-0.1, -0.05) is 36.8 Å². The average Bonchev–Trinajstić information content (AvgIpc) is 3.49. The Hall–Kier alpha value is -3.79. The van der Waals surface area contributed by atoms with Crippen LogP contribution in [0.25, 0.3) is 0 Å². The third-order valence-corrected chi connectivity index (χ3v) is 6.82. The van der Waals surface area contributed by atoms with Crippen LogP contribution in [0.1, 0.15) is 47.1 Å². The number of nitrogens with zero attached hydrogens (tertiary/aromatic N) is 3. The van der Waals surface area contributed by atoms with E-state index in [4.69, 9.17) is 4.74 Å². The van der Waals surface area contributed by atoms with Crippen molar-refractivity contribution in [3.63, 3.8) is 0 Å². The molecule has 1 atom stereocenters. The smallest absolute Gasteiger partial charge is 0.257 e. The van der Waals surface area contributed by atoms with Crippen LogP contribution in [0.15, 0.2) is 48.5 Å². The Balaban J connectivity index is 1.28. The average molecular weight is 508 g/mol. The molecule has 1 unspecified atom stereocenters. The molecule has 9 nitrogen and oxygen atoms in total. The Bertz CT molecular complexity index is 1210. The molecule has 4 rings (SSSR count). The quantitative estimate of drug-likeness (QED) is 0.429. The topological polar surface area (TPSA) is 114 Å². The number of rotatable bonds is 10. The number of hydrogen-bond donors (Lipinski definition) is 2. The third kappa shape index (κ3) is 6.45. The van der Waals surface area contributed by atoms with Crippen molar-refractivity contribution in [1.29, 1.82) is 0 Å². The van der Waals surface area contributed by atoms with E-state index >= 15 is 0 Å². The Kier molecular flexibility index (Phi) is 8.27. The molecule has 1 aromatic heterocycles. The van der Waals surface area contributed by atoms with Gasteiger partial charge in [0.05, 0.1) is 13.0 Å². The minimum Gasteiger partial charge on any atom is -0.497 e. The van der Waals surface area contributed by atoms with E-state index < -0.39 is 0 Å². The molecule has 3 aromatic rings. The lowest BCUT2D eigenvalue weighted by molar-refractivity contribution is -0.128. The monoisotopic (exact) mass is 507 g/mol. The number of amides is 3. The second-order valence-corrected chi connectivity index (χ2v) is 9.70. The SMILES string of the molecule is CCCCN1CC(C(=O)Nc2ccc(C(=O)Nc3nnc(Cc4ccc(OC)cc4)s3)cc2)CC1=O. The Morgan fingerprint density at radius 3 is 2.53 bits per heavy atom. The van der Waals surface area contributed by atoms with E-state index in [2.05, 4.69) is 27.8 Å². The van der Waals surface area contributed by atoms with Crippen molar-refractivity contribution in [2.24, 2.45) is 5.92 Å². The summed E-state index contributed by atoms with van der Waals surface area (Å²) >= 11 is 1.32. The number of aromatic nitrogens is 2. The molecular formula is C26H29N5O4S. The van der Waals surface area contributed by atoms with Gasteiger partial charge in [0.15, 0.2) is 0 Å². The maximum atomic E-state index is 12.6. The highest BCUT2D eigenvalue weighted by Gasteiger charge is 2.33. The van der Waals surface area contributed by atoms with Gasteiger partial charge in [0, 0.05) is 37.2 Å². The van der Waals surface area contributed by atoms with Gasteiger partial charge in [-0.05, 0) is 48.4 Å². The van der Waals surface area contributed by atoms with Crippen molar-refractivity contribution in [2.75, 3.05) is 30.8 Å². The standard InChI is InChI=1S/C26H29N5O4S/c1-3-4-13-31-16-19(15-23(31)32)25(34)27-20-9-7-18(8-10-20)24(33)28-26-30-29-22(36-26)14-17-5-11-21(35-2)12-6-17/h5-12,19H,3-4,13-16H2,1-2H3,(H,27,34)(H,28,30,33). The van der Waals surface area contributed by atoms with Crippen LogP contribution in [0.4, 0.5) is 10.8 Å². The van der Waals surface area contributed by atoms with E-state index in [1.54, 1.807) is 36.3 Å². The van der Waals surface area contributed by atoms with Crippen LogP contribution in [0, 0.1) is 5.92 Å². The first-order valence-corrected chi connectivity index (χ1v) is 12.7. The fraction of sp³-hybridized carbons (Fsp3) is 0.346. The molecule has 188 valence electrons. The van der Waals surface area contributed by atoms with Crippen LogP contribution >= 0.6 is 11.3 Å². The maximum absolute atomic E-state index is 12.6. The summed E-state index contributed by atoms with van der Waals surface area (Å²) < 4.78 is 5.17. The van der Waals surface area contributed by atoms with Crippen molar-refractivity contribution in [1.82, 2.24) is 15.1 Å². The molecule has 2 heterocycles. The van der Waals surface area contributed by atoms with E-state index in [0.29, 0.717) is 35.9 Å². The largest absolute Gasteiger partial charge is 0.497 e. The highest BCUT2D eigenvalue weighted by molar-refractivity contribution is 7.15. The molecule has 10 heteroatoms. The van der Waals surface area contributed by atoms with Crippen LogP contribution in [0.5, 0.6) is 5.75 Å². The summed E-state index contributed by atoms with van der Waals surface area (Å²) in [5.74, 6) is -0.0377. The van der Waals surface area contributed by atoms with Gasteiger partial charge in [-0.25, -0.2) is 0 Å². The summed E-state index contributed by atoms with van der Waals surface area (Å²) in [7, 11) is 1.62. The minimum absolute atomic E-state index is 0.0273. The number of carbonyl (C=O) groups is 3. The first-order chi connectivity index (χ1) is 17.4. The normalized spacial score (nSPS) is 15.1. The number of methoxy groups -OCH3 is 1. The summed E-state index contributed by atoms with van der Waals surface area (Å²) in [5, 5.41) is 15.0. The summed E-state index contributed by atoms with van der Waals surface area (Å²) in [5.41, 5.74) is 2.08. The number of nitrogens with one attached hydrogen (secondary N) is 2. The number of carbonyl (C=O) groups excluding carboxylic acids is 3. The molecule has 0 spiro atoms. The van der Waals surface area contributed by atoms with Crippen molar-refractivity contribution in [3.05, 3.63) is 64.7 Å². The number of hydrogen-bond acceptors (Lipinski definition) is 7. The van der Waals surface area contributed by atoms with Crippen LogP contribution in [-0.2, 0) is 16.0 Å². The molecule has 36 heavy (non-hydrogen) atoms. The highest BCUT2D eigenvalue weighted by atomic mass is 32.1. The molecular weight excluding hydrogens is 478 g/mol. The van der Waals surface area contributed by atoms with Gasteiger partial charge in [-0.2, -0.15) is 0 Å². The zero-order chi connectivity index (χ0) is 25.5. The van der Waals surface area contributed by atoms with E-state index in [1.807, 2.05) is 24.3 Å². The summed E-state index contributed by atoms with van der Waals surface area (Å²) in [6.07, 6.45) is 2.78. The molecule has 0 aliphatic carbocycles. The van der Waals surface area contributed by atoms with Gasteiger partial charge < -0.3 is 15.0 Å². The van der Waals surface area contributed by atoms with Gasteiger partial charge in [-0.15, -0.1) is 10.2 Å². The summed E-state index contributed by atoms with van der Waals surface area (Å²) in [4.78, 5) is 39.1. The van der Waals surface area contributed by atoms with Crippen LogP contribution in [-0.4, -0.2) is 53.0 Å². The van der Waals surface area contributed by atoms with Gasteiger partial charge in [0.25, 0.3) is 5.91 Å². The lowest BCUT2D eigenvalue weighted by Crippen LogP contribution is -2.29. The number of anilines is 2. The Morgan fingerprint density at radius 2 is 1.83 bits per heavy atom. The Labute approximate surface area is 213 Å². The van der Waals surface area contributed by atoms with Crippen LogP contribution < -0.4 is 15.4 Å². The number of unbranched alkanes of at least 4 members (excludes halogenated alkanes) is 1. The van der Waals surface area contributed by atoms with E-state index in [9.17, 15) is 14.4 Å². The second kappa shape index (κ2) is 11.8. The van der Waals surface area contributed by atoms with Gasteiger partial charge >= 0.3 is 0 Å². The molecule has 1 fully saturated rings. The molecule has 0 bridgehead atoms. The van der Waals surface area contributed by atoms with Crippen molar-refractivity contribution < 1.29 is 19.1 Å². The van der Waals surface area contributed by atoms with Crippen molar-refractivity contribution >= 4 is 39.9 Å². The predicted octanol–water partition coefficient (Wildman–Crippen LogP) is 3.98. The van der Waals surface area contributed by atoms with Gasteiger partial charge in [0.2, 0.25) is 16.9 Å². The number of ether oxygens (including phenoxy) is 1. The summed E-state index contributed by atoms with van der Waals surface area (Å²) in [6.45, 7) is 3.22. The molecule has 1 saturated heterocycles. The summed E-state index contributed by atoms with van der Waals surface area (Å²) in [6, 6.07) is 14.3. The number of likely N-dealkylation sites (tertiary alicyclic amines) is 1. The highest BCUT2D eigenvalue weighted by Crippen LogP contribution is 2.22. The van der Waals surface area contributed by atoms with Crippen LogP contribution in [0.2, 0.25) is 0 Å². The molecule has 1 aliphatic rings. The Morgan fingerprint density at radius 1 is 1.08 bits per heavy atom. The first-order valence-electron chi connectivity index (χ1n) is 11.9. The molecule has 1 aliphatic heterocycles. The lowest BCUT2D eigenvalue weighted by Gasteiger charge is -2.16. The molecule has 0 saturated carbocycles. The molecule has 3 amide bonds. The first kappa shape index (κ1) is 25.3. The van der Waals surface area contributed by atoms with Crippen molar-refractivity contribution in [3.8, 4) is 5.75 Å². The zero-order valence-electron chi connectivity index (χ0n) is 20.3. The van der Waals surface area contributed by atoms with E-state index in [0.717, 1.165) is 29.2 Å². The lowest BCUT2D eigenvalue weighted by atomic mass is 10.1. The predicted molar refractivity (Wildman–Crippen MR) is 138 cm³/mol. The third-order valence-electron chi connectivity index (χ3n) is 5.98. The molecule has 2 N–H and O–H groups in total. The molecule has 2 aromatic carbocycles. The maximum Gasteiger partial charge on any atom is 0.257 e. The van der Waals surface area contributed by atoms with E-state index in [1.165, 1.54) is 11.3 Å². The van der Waals surface area contributed by atoms with Crippen molar-refractivity contribution in [2.45, 2.75) is 32.6 Å². The fourth-order valence-electron chi connectivity index (χ4n) is 3.92. The van der Waals surface area contributed by atoms with Gasteiger partial charge in [-0.3, -0.25) is 19.7 Å². The van der Waals surface area contributed by atoms with Crippen LogP contribution in [0.3, 0.4) is 0 Å². The minimum atomic E-state index is -0.359. The molecule has 0 radical (unpaired) electrons.